The third-order valence-electron chi connectivity index (χ3n) is 4.29. The molecule has 168 valence electrons. The number of thioether (sulfide) groups is 1. The average Bonchev–Trinajstić information content (AvgIpc) is 2.79. The number of benzene rings is 3. The number of non-ortho nitro benzene ring substituents is 1. The van der Waals surface area contributed by atoms with E-state index in [4.69, 9.17) is 0 Å². The van der Waals surface area contributed by atoms with Crippen molar-refractivity contribution in [2.45, 2.75) is 11.8 Å². The molecule has 0 unspecified atom stereocenters. The summed E-state index contributed by atoms with van der Waals surface area (Å²) in [6.45, 7) is 1.42. The molecule has 3 aromatic carbocycles. The Kier molecular flexibility index (Phi) is 7.77. The molecule has 0 atom stereocenters. The summed E-state index contributed by atoms with van der Waals surface area (Å²) in [5.74, 6) is -0.609. The van der Waals surface area contributed by atoms with Crippen LogP contribution in [0.3, 0.4) is 0 Å². The Labute approximate surface area is 193 Å². The number of hydrogen-bond acceptors (Lipinski definition) is 6. The van der Waals surface area contributed by atoms with Crippen LogP contribution in [-0.2, 0) is 9.59 Å². The second-order valence-corrected chi connectivity index (χ2v) is 7.93. The lowest BCUT2D eigenvalue weighted by Crippen LogP contribution is -2.14. The van der Waals surface area contributed by atoms with Gasteiger partial charge in [-0.1, -0.05) is 6.07 Å². The normalized spacial score (nSPS) is 10.2. The summed E-state index contributed by atoms with van der Waals surface area (Å²) in [5, 5.41) is 18.9. The van der Waals surface area contributed by atoms with E-state index < -0.39 is 10.8 Å². The maximum absolute atomic E-state index is 12.4. The lowest BCUT2D eigenvalue weighted by atomic mass is 10.2. The van der Waals surface area contributed by atoms with Gasteiger partial charge in [-0.05, 0) is 54.6 Å². The van der Waals surface area contributed by atoms with Gasteiger partial charge in [0.25, 0.3) is 11.6 Å². The summed E-state index contributed by atoms with van der Waals surface area (Å²) >= 11 is 1.31. The first kappa shape index (κ1) is 23.5. The molecule has 3 amide bonds. The summed E-state index contributed by atoms with van der Waals surface area (Å²) < 4.78 is 0. The molecular weight excluding hydrogens is 444 g/mol. The van der Waals surface area contributed by atoms with Gasteiger partial charge in [0.1, 0.15) is 0 Å². The van der Waals surface area contributed by atoms with Crippen molar-refractivity contribution in [2.24, 2.45) is 0 Å². The van der Waals surface area contributed by atoms with E-state index in [1.165, 1.54) is 43.0 Å². The SMILES string of the molecule is CC(=O)Nc1ccc(NC(=O)CSc2cccc(NC(=O)c3ccc([N+](=O)[O-])cc3)c2)cc1. The smallest absolute Gasteiger partial charge is 0.269 e. The fourth-order valence-electron chi connectivity index (χ4n) is 2.79. The highest BCUT2D eigenvalue weighted by molar-refractivity contribution is 8.00. The highest BCUT2D eigenvalue weighted by atomic mass is 32.2. The molecule has 9 nitrogen and oxygen atoms in total. The molecule has 0 saturated heterocycles. The highest BCUT2D eigenvalue weighted by Crippen LogP contribution is 2.23. The highest BCUT2D eigenvalue weighted by Gasteiger charge is 2.10. The van der Waals surface area contributed by atoms with Crippen molar-refractivity contribution in [3.63, 3.8) is 0 Å². The molecule has 3 aromatic rings. The molecule has 0 heterocycles. The van der Waals surface area contributed by atoms with E-state index in [-0.39, 0.29) is 23.3 Å². The van der Waals surface area contributed by atoms with Gasteiger partial charge in [-0.2, -0.15) is 0 Å². The first-order valence-corrected chi connectivity index (χ1v) is 10.7. The number of nitro benzene ring substituents is 1. The van der Waals surface area contributed by atoms with E-state index in [9.17, 15) is 24.5 Å². The fourth-order valence-corrected chi connectivity index (χ4v) is 3.54. The molecule has 33 heavy (non-hydrogen) atoms. The third-order valence-corrected chi connectivity index (χ3v) is 5.28. The summed E-state index contributed by atoms with van der Waals surface area (Å²) in [6.07, 6.45) is 0. The molecule has 3 rings (SSSR count). The second-order valence-electron chi connectivity index (χ2n) is 6.88. The van der Waals surface area contributed by atoms with Crippen molar-refractivity contribution >= 4 is 52.2 Å². The number of amides is 3. The molecule has 0 aromatic heterocycles. The van der Waals surface area contributed by atoms with Crippen LogP contribution in [-0.4, -0.2) is 28.4 Å². The Morgan fingerprint density at radius 3 is 2.09 bits per heavy atom. The van der Waals surface area contributed by atoms with E-state index in [0.717, 1.165) is 4.90 Å². The monoisotopic (exact) mass is 464 g/mol. The van der Waals surface area contributed by atoms with Crippen LogP contribution in [0.25, 0.3) is 0 Å². The van der Waals surface area contributed by atoms with Crippen LogP contribution >= 0.6 is 11.8 Å². The Balaban J connectivity index is 1.53. The average molecular weight is 465 g/mol. The number of nitrogens with one attached hydrogen (secondary N) is 3. The van der Waals surface area contributed by atoms with Gasteiger partial charge in [0.2, 0.25) is 11.8 Å². The molecule has 0 fully saturated rings. The van der Waals surface area contributed by atoms with Crippen molar-refractivity contribution in [1.29, 1.82) is 0 Å². The van der Waals surface area contributed by atoms with E-state index in [2.05, 4.69) is 16.0 Å². The molecular formula is C23H20N4O5S. The number of rotatable bonds is 8. The zero-order valence-corrected chi connectivity index (χ0v) is 18.3. The minimum Gasteiger partial charge on any atom is -0.326 e. The van der Waals surface area contributed by atoms with Crippen molar-refractivity contribution in [1.82, 2.24) is 0 Å². The largest absolute Gasteiger partial charge is 0.326 e. The van der Waals surface area contributed by atoms with Gasteiger partial charge < -0.3 is 16.0 Å². The summed E-state index contributed by atoms with van der Waals surface area (Å²) in [5.41, 5.74) is 1.99. The van der Waals surface area contributed by atoms with Crippen molar-refractivity contribution in [3.8, 4) is 0 Å². The van der Waals surface area contributed by atoms with Crippen LogP contribution in [0, 0.1) is 10.1 Å². The first-order valence-electron chi connectivity index (χ1n) is 9.76. The third kappa shape index (κ3) is 7.18. The van der Waals surface area contributed by atoms with Gasteiger partial charge in [0.15, 0.2) is 0 Å². The van der Waals surface area contributed by atoms with Gasteiger partial charge in [-0.25, -0.2) is 0 Å². The van der Waals surface area contributed by atoms with E-state index in [1.807, 2.05) is 6.07 Å². The Hall–Kier alpha value is -4.18. The number of hydrogen-bond donors (Lipinski definition) is 3. The molecule has 0 aliphatic carbocycles. The van der Waals surface area contributed by atoms with Gasteiger partial charge in [-0.3, -0.25) is 24.5 Å². The van der Waals surface area contributed by atoms with E-state index in [1.54, 1.807) is 42.5 Å². The standard InChI is InChI=1S/C23H20N4O5S/c1-15(28)24-17-7-9-18(10-8-17)25-22(29)14-33-21-4-2-3-19(13-21)26-23(30)16-5-11-20(12-6-16)27(31)32/h2-13H,14H2,1H3,(H,24,28)(H,25,29)(H,26,30). The zero-order chi connectivity index (χ0) is 23.8. The number of carbonyl (C=O) groups excluding carboxylic acids is 3. The molecule has 0 saturated carbocycles. The van der Waals surface area contributed by atoms with Gasteiger partial charge in [-0.15, -0.1) is 11.8 Å². The van der Waals surface area contributed by atoms with Crippen molar-refractivity contribution in [2.75, 3.05) is 21.7 Å². The van der Waals surface area contributed by atoms with Crippen LogP contribution in [0.15, 0.2) is 77.7 Å². The Morgan fingerprint density at radius 2 is 1.48 bits per heavy atom. The topological polar surface area (TPSA) is 130 Å². The van der Waals surface area contributed by atoms with Gasteiger partial charge in [0.05, 0.1) is 10.7 Å². The lowest BCUT2D eigenvalue weighted by molar-refractivity contribution is -0.384. The van der Waals surface area contributed by atoms with Crippen LogP contribution in [0.2, 0.25) is 0 Å². The van der Waals surface area contributed by atoms with E-state index in [0.29, 0.717) is 22.6 Å². The Bertz CT molecular complexity index is 1180. The first-order chi connectivity index (χ1) is 15.8. The molecule has 0 spiro atoms. The minimum absolute atomic E-state index is 0.0908. The van der Waals surface area contributed by atoms with Gasteiger partial charge in [0, 0.05) is 46.6 Å². The van der Waals surface area contributed by atoms with Crippen molar-refractivity contribution in [3.05, 3.63) is 88.5 Å². The van der Waals surface area contributed by atoms with Crippen LogP contribution in [0.4, 0.5) is 22.7 Å². The zero-order valence-electron chi connectivity index (χ0n) is 17.5. The van der Waals surface area contributed by atoms with Crippen LogP contribution in [0.5, 0.6) is 0 Å². The molecule has 10 heteroatoms. The maximum Gasteiger partial charge on any atom is 0.269 e. The quantitative estimate of drug-likeness (QED) is 0.255. The number of carbonyl (C=O) groups is 3. The molecule has 0 radical (unpaired) electrons. The fraction of sp³-hybridized carbons (Fsp3) is 0.0870. The number of nitro groups is 1. The van der Waals surface area contributed by atoms with Crippen molar-refractivity contribution < 1.29 is 19.3 Å². The number of nitrogens with zero attached hydrogens (tertiary/aromatic N) is 1. The summed E-state index contributed by atoms with van der Waals surface area (Å²) in [4.78, 5) is 46.7. The molecule has 0 bridgehead atoms. The summed E-state index contributed by atoms with van der Waals surface area (Å²) in [6, 6.07) is 19.1. The predicted octanol–water partition coefficient (Wildman–Crippen LogP) is 4.54. The summed E-state index contributed by atoms with van der Waals surface area (Å²) in [7, 11) is 0. The molecule has 3 N–H and O–H groups in total. The van der Waals surface area contributed by atoms with Gasteiger partial charge >= 0.3 is 0 Å². The van der Waals surface area contributed by atoms with Crippen LogP contribution in [0.1, 0.15) is 17.3 Å². The predicted molar refractivity (Wildman–Crippen MR) is 128 cm³/mol. The second kappa shape index (κ2) is 10.9. The molecule has 0 aliphatic rings. The minimum atomic E-state index is -0.528. The maximum atomic E-state index is 12.4. The van der Waals surface area contributed by atoms with Crippen LogP contribution < -0.4 is 16.0 Å². The molecule has 0 aliphatic heterocycles. The Morgan fingerprint density at radius 1 is 0.848 bits per heavy atom. The number of anilines is 3. The van der Waals surface area contributed by atoms with E-state index >= 15 is 0 Å². The lowest BCUT2D eigenvalue weighted by Gasteiger charge is -2.09.